The van der Waals surface area contributed by atoms with Gasteiger partial charge in [-0.25, -0.2) is 0 Å². The number of carbonyl (C=O) groups excluding carboxylic acids is 3. The zero-order valence-electron chi connectivity index (χ0n) is 14.8. The van der Waals surface area contributed by atoms with Crippen LogP contribution < -0.4 is 5.32 Å². The summed E-state index contributed by atoms with van der Waals surface area (Å²) in [7, 11) is 3.25. The lowest BCUT2D eigenvalue weighted by atomic mass is 10.1. The van der Waals surface area contributed by atoms with Gasteiger partial charge in [-0.05, 0) is 38.5 Å². The second-order valence-corrected chi connectivity index (χ2v) is 6.90. The summed E-state index contributed by atoms with van der Waals surface area (Å²) in [5, 5.41) is 3.34. The van der Waals surface area contributed by atoms with Gasteiger partial charge in [-0.1, -0.05) is 0 Å². The summed E-state index contributed by atoms with van der Waals surface area (Å²) in [5.74, 6) is 0.403. The monoisotopic (exact) mass is 339 g/mol. The van der Waals surface area contributed by atoms with Crippen LogP contribution in [0.2, 0.25) is 0 Å². The molecule has 1 N–H and O–H groups in total. The van der Waals surface area contributed by atoms with E-state index in [1.165, 1.54) is 0 Å². The fourth-order valence-electron chi connectivity index (χ4n) is 3.70. The van der Waals surface area contributed by atoms with E-state index >= 15 is 0 Å². The normalized spacial score (nSPS) is 25.3. The van der Waals surface area contributed by atoms with E-state index in [9.17, 15) is 9.59 Å². The van der Waals surface area contributed by atoms with Crippen LogP contribution in [0.3, 0.4) is 0 Å². The lowest BCUT2D eigenvalue weighted by molar-refractivity contribution is -0.151. The number of likely N-dealkylation sites (tertiary alicyclic amines) is 1. The van der Waals surface area contributed by atoms with Crippen molar-refractivity contribution in [2.75, 3.05) is 40.4 Å². The average Bonchev–Trinajstić information content (AvgIpc) is 3.51. The smallest absolute Gasteiger partial charge is 0.248 e. The van der Waals surface area contributed by atoms with Crippen LogP contribution in [0.5, 0.6) is 0 Å². The first-order valence-corrected chi connectivity index (χ1v) is 8.65. The fraction of sp³-hybridized carbons (Fsp3) is 0.824. The Morgan fingerprint density at radius 1 is 1.08 bits per heavy atom. The van der Waals surface area contributed by atoms with Crippen molar-refractivity contribution in [1.29, 1.82) is 0 Å². The zero-order chi connectivity index (χ0) is 17.8. The third-order valence-corrected chi connectivity index (χ3v) is 5.23. The Hall–Kier alpha value is -1.47. The van der Waals surface area contributed by atoms with Gasteiger partial charge in [0.2, 0.25) is 11.8 Å². The molecule has 0 aromatic heterocycles. The third kappa shape index (κ3) is 3.32. The van der Waals surface area contributed by atoms with Gasteiger partial charge in [-0.3, -0.25) is 9.59 Å². The summed E-state index contributed by atoms with van der Waals surface area (Å²) < 4.78 is 4.25. The lowest BCUT2D eigenvalue weighted by Crippen LogP contribution is -2.63. The molecule has 0 bridgehead atoms. The highest BCUT2D eigenvalue weighted by Crippen LogP contribution is 2.48. The van der Waals surface area contributed by atoms with Gasteiger partial charge in [0.05, 0.1) is 5.54 Å². The van der Waals surface area contributed by atoms with Gasteiger partial charge in [-0.15, -0.1) is 0 Å². The molecular weight excluding hydrogens is 310 g/mol. The second kappa shape index (κ2) is 7.61. The molecule has 0 unspecified atom stereocenters. The van der Waals surface area contributed by atoms with E-state index in [-0.39, 0.29) is 17.4 Å². The molecule has 7 heteroatoms. The molecule has 0 radical (unpaired) electrons. The number of rotatable bonds is 2. The summed E-state index contributed by atoms with van der Waals surface area (Å²) in [6.07, 6.45) is 5.84. The summed E-state index contributed by atoms with van der Waals surface area (Å²) in [4.78, 5) is 37.2. The molecule has 2 saturated carbocycles. The number of methoxy groups -OCH3 is 1. The van der Waals surface area contributed by atoms with Crippen LogP contribution in [0, 0.1) is 0 Å². The van der Waals surface area contributed by atoms with E-state index in [0.29, 0.717) is 6.54 Å². The molecule has 0 aromatic carbocycles. The first kappa shape index (κ1) is 18.9. The molecular formula is C17H29N3O4. The Kier molecular flexibility index (Phi) is 5.98. The Labute approximate surface area is 143 Å². The van der Waals surface area contributed by atoms with Gasteiger partial charge < -0.3 is 24.6 Å². The molecule has 2 saturated heterocycles. The Morgan fingerprint density at radius 2 is 1.62 bits per heavy atom. The fourth-order valence-corrected chi connectivity index (χ4v) is 3.70. The van der Waals surface area contributed by atoms with Crippen LogP contribution in [-0.4, -0.2) is 79.9 Å². The predicted molar refractivity (Wildman–Crippen MR) is 89.5 cm³/mol. The van der Waals surface area contributed by atoms with Gasteiger partial charge >= 0.3 is 0 Å². The van der Waals surface area contributed by atoms with E-state index in [1.54, 1.807) is 14.2 Å². The number of ether oxygens (including phenoxy) is 1. The number of nitrogens with one attached hydrogen (secondary N) is 1. The maximum atomic E-state index is 12.7. The minimum absolute atomic E-state index is 0.184. The van der Waals surface area contributed by atoms with Crippen LogP contribution in [0.4, 0.5) is 0 Å². The van der Waals surface area contributed by atoms with Crippen molar-refractivity contribution < 1.29 is 19.1 Å². The molecule has 24 heavy (non-hydrogen) atoms. The highest BCUT2D eigenvalue weighted by Gasteiger charge is 2.64. The third-order valence-electron chi connectivity index (χ3n) is 5.23. The van der Waals surface area contributed by atoms with Crippen LogP contribution >= 0.6 is 0 Å². The molecule has 2 aliphatic carbocycles. The molecule has 2 aliphatic heterocycles. The Bertz CT molecular complexity index is 468. The number of piperazine rings is 1. The van der Waals surface area contributed by atoms with Crippen molar-refractivity contribution in [2.45, 2.75) is 49.6 Å². The summed E-state index contributed by atoms with van der Waals surface area (Å²) in [6, 6.07) is 0. The van der Waals surface area contributed by atoms with Gasteiger partial charge in [-0.2, -0.15) is 0 Å². The van der Waals surface area contributed by atoms with E-state index < -0.39 is 5.54 Å². The molecule has 0 aromatic rings. The number of nitrogens with zero attached hydrogens (tertiary/aromatic N) is 2. The minimum atomic E-state index is -0.459. The standard InChI is InChI=1S/C14H21N3O2.C2H6O.CH2O/c18-11-13(3-4-13)15-7-10-17(11)14(5-6-14)12(19)16-8-1-2-9-16;1-3-2;1-2/h15H,1-10H2;1-2H3;1H2. The van der Waals surface area contributed by atoms with Crippen molar-refractivity contribution in [3.05, 3.63) is 0 Å². The van der Waals surface area contributed by atoms with Crippen LogP contribution in [-0.2, 0) is 19.1 Å². The largest absolute Gasteiger partial charge is 0.388 e. The minimum Gasteiger partial charge on any atom is -0.388 e. The van der Waals surface area contributed by atoms with Gasteiger partial charge in [0.15, 0.2) is 0 Å². The van der Waals surface area contributed by atoms with E-state index in [0.717, 1.165) is 58.2 Å². The number of carbonyl (C=O) groups is 3. The SMILES string of the molecule is C=O.COC.O=C1N(C2(C(=O)N3CCCC3)CC2)CCNC12CC2. The summed E-state index contributed by atoms with van der Waals surface area (Å²) >= 11 is 0. The predicted octanol–water partition coefficient (Wildman–Crippen LogP) is 0.184. The molecule has 4 fully saturated rings. The second-order valence-electron chi connectivity index (χ2n) is 6.90. The van der Waals surface area contributed by atoms with Crippen LogP contribution in [0.1, 0.15) is 38.5 Å². The Balaban J connectivity index is 0.000000378. The topological polar surface area (TPSA) is 79.0 Å². The highest BCUT2D eigenvalue weighted by atomic mass is 16.4. The molecule has 2 amide bonds. The molecule has 4 rings (SSSR count). The zero-order valence-corrected chi connectivity index (χ0v) is 14.8. The molecule has 4 aliphatic rings. The molecule has 136 valence electrons. The van der Waals surface area contributed by atoms with Gasteiger partial charge in [0.25, 0.3) is 0 Å². The van der Waals surface area contributed by atoms with Crippen molar-refractivity contribution in [1.82, 2.24) is 15.1 Å². The van der Waals surface area contributed by atoms with Crippen LogP contribution in [0.25, 0.3) is 0 Å². The maximum absolute atomic E-state index is 12.7. The maximum Gasteiger partial charge on any atom is 0.248 e. The summed E-state index contributed by atoms with van der Waals surface area (Å²) in [6.45, 7) is 5.29. The first-order valence-electron chi connectivity index (χ1n) is 8.65. The first-order chi connectivity index (χ1) is 11.6. The summed E-state index contributed by atoms with van der Waals surface area (Å²) in [5.41, 5.74) is -0.752. The quantitative estimate of drug-likeness (QED) is 0.777. The number of hydrogen-bond donors (Lipinski definition) is 1. The average molecular weight is 339 g/mol. The molecule has 7 nitrogen and oxygen atoms in total. The van der Waals surface area contributed by atoms with Crippen molar-refractivity contribution in [3.63, 3.8) is 0 Å². The number of hydrogen-bond acceptors (Lipinski definition) is 5. The van der Waals surface area contributed by atoms with E-state index in [4.69, 9.17) is 4.79 Å². The van der Waals surface area contributed by atoms with Crippen LogP contribution in [0.15, 0.2) is 0 Å². The van der Waals surface area contributed by atoms with Crippen molar-refractivity contribution in [3.8, 4) is 0 Å². The molecule has 0 atom stereocenters. The van der Waals surface area contributed by atoms with E-state index in [2.05, 4.69) is 10.1 Å². The number of amides is 2. The molecule has 1 spiro atoms. The van der Waals surface area contributed by atoms with Gasteiger partial charge in [0, 0.05) is 40.4 Å². The highest BCUT2D eigenvalue weighted by molar-refractivity contribution is 5.98. The van der Waals surface area contributed by atoms with Gasteiger partial charge in [0.1, 0.15) is 12.3 Å². The van der Waals surface area contributed by atoms with Crippen molar-refractivity contribution in [2.24, 2.45) is 0 Å². The van der Waals surface area contributed by atoms with E-state index in [1.807, 2.05) is 16.6 Å². The van der Waals surface area contributed by atoms with Crippen molar-refractivity contribution >= 4 is 18.6 Å². The Morgan fingerprint density at radius 3 is 2.08 bits per heavy atom. The lowest BCUT2D eigenvalue weighted by Gasteiger charge is -2.40. The molecule has 2 heterocycles.